The van der Waals surface area contributed by atoms with Crippen molar-refractivity contribution in [3.05, 3.63) is 27.8 Å². The van der Waals surface area contributed by atoms with Crippen molar-refractivity contribution < 1.29 is 0 Å². The van der Waals surface area contributed by atoms with Crippen LogP contribution in [0.3, 0.4) is 0 Å². The number of anilines is 1. The molecule has 3 nitrogen and oxygen atoms in total. The maximum atomic E-state index is 5.81. The van der Waals surface area contributed by atoms with E-state index in [0.29, 0.717) is 11.7 Å². The summed E-state index contributed by atoms with van der Waals surface area (Å²) in [7, 11) is 0. The van der Waals surface area contributed by atoms with Crippen LogP contribution in [0.2, 0.25) is 0 Å². The molecule has 1 aliphatic carbocycles. The number of hydrogen-bond donors (Lipinski definition) is 1. The van der Waals surface area contributed by atoms with E-state index in [1.165, 1.54) is 12.8 Å². The predicted molar refractivity (Wildman–Crippen MR) is 69.4 cm³/mol. The molecule has 0 spiro atoms. The topological polar surface area (TPSA) is 51.8 Å². The number of hydrogen-bond acceptors (Lipinski definition) is 4. The zero-order valence-electron chi connectivity index (χ0n) is 8.48. The molecule has 0 atom stereocenters. The standard InChI is InChI=1S/C11H10BrN3S/c12-9-4-3-8(16-9)7-5-10(13)15-11(14-7)6-1-2-6/h3-6H,1-2H2,(H2,13,14,15). The first kappa shape index (κ1) is 10.2. The van der Waals surface area contributed by atoms with Gasteiger partial charge in [0.1, 0.15) is 11.6 Å². The fourth-order valence-corrected chi connectivity index (χ4v) is 2.93. The van der Waals surface area contributed by atoms with Crippen LogP contribution in [-0.4, -0.2) is 9.97 Å². The van der Waals surface area contributed by atoms with Gasteiger partial charge in [0.05, 0.1) is 14.4 Å². The van der Waals surface area contributed by atoms with E-state index in [0.717, 1.165) is 20.2 Å². The minimum absolute atomic E-state index is 0.533. The second kappa shape index (κ2) is 3.82. The van der Waals surface area contributed by atoms with Crippen LogP contribution in [0.15, 0.2) is 22.0 Å². The number of aromatic nitrogens is 2. The van der Waals surface area contributed by atoms with Crippen LogP contribution >= 0.6 is 27.3 Å². The van der Waals surface area contributed by atoms with Crippen molar-refractivity contribution in [2.75, 3.05) is 5.73 Å². The van der Waals surface area contributed by atoms with Crippen LogP contribution in [-0.2, 0) is 0 Å². The molecule has 1 aliphatic rings. The summed E-state index contributed by atoms with van der Waals surface area (Å²) < 4.78 is 1.10. The molecule has 0 radical (unpaired) electrons. The van der Waals surface area contributed by atoms with Gasteiger partial charge in [0.25, 0.3) is 0 Å². The maximum Gasteiger partial charge on any atom is 0.134 e. The Bertz CT molecular complexity index is 534. The highest BCUT2D eigenvalue weighted by Crippen LogP contribution is 2.39. The van der Waals surface area contributed by atoms with Gasteiger partial charge in [-0.25, -0.2) is 9.97 Å². The first-order valence-corrected chi connectivity index (χ1v) is 6.73. The Balaban J connectivity index is 2.06. The van der Waals surface area contributed by atoms with Gasteiger partial charge in [-0.2, -0.15) is 0 Å². The maximum absolute atomic E-state index is 5.81. The van der Waals surface area contributed by atoms with Crippen molar-refractivity contribution in [3.63, 3.8) is 0 Å². The third-order valence-electron chi connectivity index (χ3n) is 2.53. The van der Waals surface area contributed by atoms with E-state index in [1.54, 1.807) is 11.3 Å². The fraction of sp³-hybridized carbons (Fsp3) is 0.273. The van der Waals surface area contributed by atoms with Gasteiger partial charge in [0, 0.05) is 12.0 Å². The zero-order valence-corrected chi connectivity index (χ0v) is 10.9. The minimum Gasteiger partial charge on any atom is -0.384 e. The highest BCUT2D eigenvalue weighted by atomic mass is 79.9. The molecule has 0 bridgehead atoms. The van der Waals surface area contributed by atoms with Crippen molar-refractivity contribution in [2.24, 2.45) is 0 Å². The molecule has 0 saturated heterocycles. The van der Waals surface area contributed by atoms with Gasteiger partial charge < -0.3 is 5.73 Å². The van der Waals surface area contributed by atoms with Crippen LogP contribution in [0.25, 0.3) is 10.6 Å². The van der Waals surface area contributed by atoms with Crippen LogP contribution in [0.1, 0.15) is 24.6 Å². The fourth-order valence-electron chi connectivity index (χ4n) is 1.59. The van der Waals surface area contributed by atoms with Crippen molar-refractivity contribution in [1.29, 1.82) is 0 Å². The third-order valence-corrected chi connectivity index (χ3v) is 4.18. The normalized spacial score (nSPS) is 15.3. The van der Waals surface area contributed by atoms with E-state index >= 15 is 0 Å². The molecule has 82 valence electrons. The van der Waals surface area contributed by atoms with Gasteiger partial charge >= 0.3 is 0 Å². The van der Waals surface area contributed by atoms with Crippen LogP contribution < -0.4 is 5.73 Å². The molecule has 0 aromatic carbocycles. The number of nitrogens with zero attached hydrogens (tertiary/aromatic N) is 2. The van der Waals surface area contributed by atoms with Gasteiger partial charge in [-0.15, -0.1) is 11.3 Å². The second-order valence-corrected chi connectivity index (χ2v) is 6.38. The van der Waals surface area contributed by atoms with Crippen molar-refractivity contribution in [2.45, 2.75) is 18.8 Å². The SMILES string of the molecule is Nc1cc(-c2ccc(Br)s2)nc(C2CC2)n1. The van der Waals surface area contributed by atoms with E-state index in [9.17, 15) is 0 Å². The Morgan fingerprint density at radius 2 is 2.12 bits per heavy atom. The summed E-state index contributed by atoms with van der Waals surface area (Å²) in [5, 5.41) is 0. The Morgan fingerprint density at radius 1 is 1.31 bits per heavy atom. The lowest BCUT2D eigenvalue weighted by molar-refractivity contribution is 0.937. The molecule has 1 saturated carbocycles. The summed E-state index contributed by atoms with van der Waals surface area (Å²) in [6, 6.07) is 5.91. The Kier molecular flexibility index (Phi) is 2.44. The predicted octanol–water partition coefficient (Wildman–Crippen LogP) is 3.43. The van der Waals surface area contributed by atoms with E-state index in [1.807, 2.05) is 18.2 Å². The van der Waals surface area contributed by atoms with Crippen molar-refractivity contribution in [1.82, 2.24) is 9.97 Å². The summed E-state index contributed by atoms with van der Waals surface area (Å²) in [6.07, 6.45) is 2.38. The molecule has 5 heteroatoms. The van der Waals surface area contributed by atoms with E-state index < -0.39 is 0 Å². The van der Waals surface area contributed by atoms with Crippen LogP contribution in [0.4, 0.5) is 5.82 Å². The number of halogens is 1. The lowest BCUT2D eigenvalue weighted by Crippen LogP contribution is -1.99. The van der Waals surface area contributed by atoms with Gasteiger partial charge in [-0.1, -0.05) is 0 Å². The van der Waals surface area contributed by atoms with Crippen molar-refractivity contribution >= 4 is 33.1 Å². The summed E-state index contributed by atoms with van der Waals surface area (Å²) in [5.74, 6) is 2.00. The van der Waals surface area contributed by atoms with Crippen LogP contribution in [0, 0.1) is 0 Å². The Hall–Kier alpha value is -0.940. The molecule has 2 aromatic rings. The molecule has 3 rings (SSSR count). The second-order valence-electron chi connectivity index (χ2n) is 3.91. The number of thiophene rings is 1. The summed E-state index contributed by atoms with van der Waals surface area (Å²) >= 11 is 5.11. The first-order valence-electron chi connectivity index (χ1n) is 5.12. The number of nitrogen functional groups attached to an aromatic ring is 1. The largest absolute Gasteiger partial charge is 0.384 e. The third kappa shape index (κ3) is 1.97. The van der Waals surface area contributed by atoms with E-state index in [2.05, 4.69) is 25.9 Å². The smallest absolute Gasteiger partial charge is 0.134 e. The van der Waals surface area contributed by atoms with E-state index in [4.69, 9.17) is 5.73 Å². The number of nitrogens with two attached hydrogens (primary N) is 1. The zero-order chi connectivity index (χ0) is 11.1. The molecule has 0 unspecified atom stereocenters. The monoisotopic (exact) mass is 295 g/mol. The molecule has 2 aromatic heterocycles. The lowest BCUT2D eigenvalue weighted by Gasteiger charge is -2.02. The summed E-state index contributed by atoms with van der Waals surface area (Å²) in [5.41, 5.74) is 6.75. The van der Waals surface area contributed by atoms with Gasteiger partial charge in [-0.05, 0) is 40.9 Å². The highest BCUT2D eigenvalue weighted by Gasteiger charge is 2.27. The Labute approximate surface area is 106 Å². The average molecular weight is 296 g/mol. The molecule has 1 fully saturated rings. The summed E-state index contributed by atoms with van der Waals surface area (Å²) in [6.45, 7) is 0. The van der Waals surface area contributed by atoms with Gasteiger partial charge in [0.2, 0.25) is 0 Å². The Morgan fingerprint density at radius 3 is 2.75 bits per heavy atom. The molecule has 2 heterocycles. The molecule has 2 N–H and O–H groups in total. The van der Waals surface area contributed by atoms with E-state index in [-0.39, 0.29) is 0 Å². The number of rotatable bonds is 2. The molecule has 0 amide bonds. The molecular weight excluding hydrogens is 286 g/mol. The average Bonchev–Trinajstić information content (AvgIpc) is 3.01. The summed E-state index contributed by atoms with van der Waals surface area (Å²) in [4.78, 5) is 9.99. The molecule has 0 aliphatic heterocycles. The highest BCUT2D eigenvalue weighted by molar-refractivity contribution is 9.11. The van der Waals surface area contributed by atoms with Gasteiger partial charge in [-0.3, -0.25) is 0 Å². The quantitative estimate of drug-likeness (QED) is 0.923. The molecule has 16 heavy (non-hydrogen) atoms. The van der Waals surface area contributed by atoms with Crippen molar-refractivity contribution in [3.8, 4) is 10.6 Å². The van der Waals surface area contributed by atoms with Crippen LogP contribution in [0.5, 0.6) is 0 Å². The first-order chi connectivity index (χ1) is 7.72. The van der Waals surface area contributed by atoms with Gasteiger partial charge in [0.15, 0.2) is 0 Å². The minimum atomic E-state index is 0.533. The lowest BCUT2D eigenvalue weighted by atomic mass is 10.3. The molecular formula is C11H10BrN3S.